The average Bonchev–Trinajstić information content (AvgIpc) is 2.10. The van der Waals surface area contributed by atoms with Gasteiger partial charge in [0, 0.05) is 5.56 Å². The Morgan fingerprint density at radius 2 is 2.07 bits per heavy atom. The number of hydrogen-bond acceptors (Lipinski definition) is 3. The van der Waals surface area contributed by atoms with Gasteiger partial charge in [0.25, 0.3) is 0 Å². The SMILES string of the molecule is N#CCc1cccc(N)c1OC(F)(F)F. The molecule has 0 heterocycles. The van der Waals surface area contributed by atoms with Gasteiger partial charge in [-0.3, -0.25) is 0 Å². The van der Waals surface area contributed by atoms with Gasteiger partial charge in [-0.1, -0.05) is 12.1 Å². The standard InChI is InChI=1S/C9H7F3N2O/c10-9(11,12)15-8-6(4-5-13)2-1-3-7(8)14/h1-3H,4,14H2. The molecule has 0 radical (unpaired) electrons. The molecule has 1 aromatic carbocycles. The highest BCUT2D eigenvalue weighted by atomic mass is 19.4. The van der Waals surface area contributed by atoms with E-state index < -0.39 is 12.1 Å². The zero-order chi connectivity index (χ0) is 11.5. The van der Waals surface area contributed by atoms with Gasteiger partial charge in [0.1, 0.15) is 0 Å². The van der Waals surface area contributed by atoms with Crippen molar-refractivity contribution in [2.24, 2.45) is 0 Å². The molecule has 3 nitrogen and oxygen atoms in total. The topological polar surface area (TPSA) is 59.0 Å². The normalized spacial score (nSPS) is 10.8. The molecule has 0 aromatic heterocycles. The lowest BCUT2D eigenvalue weighted by Crippen LogP contribution is -2.19. The molecule has 0 bridgehead atoms. The Bertz CT molecular complexity index is 395. The lowest BCUT2D eigenvalue weighted by Gasteiger charge is -2.13. The maximum atomic E-state index is 12.0. The van der Waals surface area contributed by atoms with Crippen molar-refractivity contribution in [3.05, 3.63) is 23.8 Å². The van der Waals surface area contributed by atoms with E-state index in [0.717, 1.165) is 0 Å². The van der Waals surface area contributed by atoms with Gasteiger partial charge in [-0.2, -0.15) is 5.26 Å². The molecule has 0 amide bonds. The van der Waals surface area contributed by atoms with E-state index in [1.54, 1.807) is 6.07 Å². The van der Waals surface area contributed by atoms with E-state index in [9.17, 15) is 13.2 Å². The second-order valence-electron chi connectivity index (χ2n) is 2.72. The molecular formula is C9H7F3N2O. The molecule has 15 heavy (non-hydrogen) atoms. The number of nitrogens with zero attached hydrogens (tertiary/aromatic N) is 1. The van der Waals surface area contributed by atoms with Gasteiger partial charge >= 0.3 is 6.36 Å². The minimum Gasteiger partial charge on any atom is -0.403 e. The van der Waals surface area contributed by atoms with Crippen LogP contribution >= 0.6 is 0 Å². The summed E-state index contributed by atoms with van der Waals surface area (Å²) >= 11 is 0. The number of nitrogen functional groups attached to an aromatic ring is 1. The summed E-state index contributed by atoms with van der Waals surface area (Å²) in [5.41, 5.74) is 5.31. The number of hydrogen-bond donors (Lipinski definition) is 1. The molecule has 80 valence electrons. The van der Waals surface area contributed by atoms with Crippen LogP contribution in [0.5, 0.6) is 5.75 Å². The number of halogens is 3. The first-order chi connectivity index (χ1) is 6.94. The van der Waals surface area contributed by atoms with Crippen LogP contribution in [0.3, 0.4) is 0 Å². The van der Waals surface area contributed by atoms with Crippen molar-refractivity contribution in [1.82, 2.24) is 0 Å². The number of nitriles is 1. The molecule has 2 N–H and O–H groups in total. The van der Waals surface area contributed by atoms with Crippen molar-refractivity contribution in [3.8, 4) is 11.8 Å². The summed E-state index contributed by atoms with van der Waals surface area (Å²) in [5.74, 6) is -0.494. The number of rotatable bonds is 2. The fraction of sp³-hybridized carbons (Fsp3) is 0.222. The van der Waals surface area contributed by atoms with E-state index in [1.807, 2.05) is 0 Å². The maximum absolute atomic E-state index is 12.0. The predicted octanol–water partition coefficient (Wildman–Crippen LogP) is 2.23. The zero-order valence-corrected chi connectivity index (χ0v) is 7.51. The third-order valence-corrected chi connectivity index (χ3v) is 1.61. The number of para-hydroxylation sites is 1. The minimum atomic E-state index is -4.81. The second-order valence-corrected chi connectivity index (χ2v) is 2.72. The van der Waals surface area contributed by atoms with E-state index in [4.69, 9.17) is 11.0 Å². The first kappa shape index (κ1) is 11.2. The van der Waals surface area contributed by atoms with Gasteiger partial charge in [0.2, 0.25) is 0 Å². The molecule has 1 rings (SSSR count). The van der Waals surface area contributed by atoms with Crippen LogP contribution in [0, 0.1) is 11.3 Å². The summed E-state index contributed by atoms with van der Waals surface area (Å²) in [7, 11) is 0. The van der Waals surface area contributed by atoms with Gasteiger partial charge < -0.3 is 10.5 Å². The van der Waals surface area contributed by atoms with Crippen LogP contribution in [0.4, 0.5) is 18.9 Å². The van der Waals surface area contributed by atoms with Crippen molar-refractivity contribution in [2.45, 2.75) is 12.8 Å². The maximum Gasteiger partial charge on any atom is 0.573 e. The van der Waals surface area contributed by atoms with Crippen LogP contribution in [-0.2, 0) is 6.42 Å². The van der Waals surface area contributed by atoms with Gasteiger partial charge in [0.05, 0.1) is 18.2 Å². The molecular weight excluding hydrogens is 209 g/mol. The van der Waals surface area contributed by atoms with Crippen LogP contribution < -0.4 is 10.5 Å². The molecule has 0 aliphatic heterocycles. The van der Waals surface area contributed by atoms with E-state index in [0.29, 0.717) is 0 Å². The molecule has 0 aliphatic rings. The molecule has 0 spiro atoms. The van der Waals surface area contributed by atoms with Crippen molar-refractivity contribution in [1.29, 1.82) is 5.26 Å². The van der Waals surface area contributed by atoms with Crippen LogP contribution in [0.2, 0.25) is 0 Å². The largest absolute Gasteiger partial charge is 0.573 e. The van der Waals surface area contributed by atoms with E-state index in [1.165, 1.54) is 18.2 Å². The summed E-state index contributed by atoms with van der Waals surface area (Å²) in [4.78, 5) is 0. The Labute approximate surface area is 83.9 Å². The van der Waals surface area contributed by atoms with Gasteiger partial charge in [-0.25, -0.2) is 0 Å². The van der Waals surface area contributed by atoms with Crippen LogP contribution in [0.15, 0.2) is 18.2 Å². The molecule has 0 fully saturated rings. The Kier molecular flexibility index (Phi) is 3.04. The van der Waals surface area contributed by atoms with E-state index in [2.05, 4.69) is 4.74 Å². The Morgan fingerprint density at radius 1 is 1.40 bits per heavy atom. The van der Waals surface area contributed by atoms with Crippen LogP contribution in [0.1, 0.15) is 5.56 Å². The summed E-state index contributed by atoms with van der Waals surface area (Å²) in [5, 5.41) is 8.41. The highest BCUT2D eigenvalue weighted by Crippen LogP contribution is 2.31. The zero-order valence-electron chi connectivity index (χ0n) is 7.51. The molecule has 0 saturated heterocycles. The monoisotopic (exact) mass is 216 g/mol. The molecule has 0 aliphatic carbocycles. The third kappa shape index (κ3) is 3.06. The lowest BCUT2D eigenvalue weighted by molar-refractivity contribution is -0.274. The molecule has 0 unspecified atom stereocenters. The molecule has 0 atom stereocenters. The number of alkyl halides is 3. The fourth-order valence-electron chi connectivity index (χ4n) is 1.07. The highest BCUT2D eigenvalue weighted by Gasteiger charge is 2.32. The quantitative estimate of drug-likeness (QED) is 0.771. The van der Waals surface area contributed by atoms with Gasteiger partial charge in [-0.15, -0.1) is 13.2 Å². The van der Waals surface area contributed by atoms with Crippen molar-refractivity contribution in [3.63, 3.8) is 0 Å². The highest BCUT2D eigenvalue weighted by molar-refractivity contribution is 5.57. The first-order valence-electron chi connectivity index (χ1n) is 3.94. The van der Waals surface area contributed by atoms with E-state index in [-0.39, 0.29) is 17.7 Å². The van der Waals surface area contributed by atoms with Gasteiger partial charge in [-0.05, 0) is 6.07 Å². The minimum absolute atomic E-state index is 0.120. The molecule has 1 aromatic rings. The first-order valence-corrected chi connectivity index (χ1v) is 3.94. The smallest absolute Gasteiger partial charge is 0.403 e. The summed E-state index contributed by atoms with van der Waals surface area (Å²) in [6.45, 7) is 0. The number of benzene rings is 1. The average molecular weight is 216 g/mol. The molecule has 0 saturated carbocycles. The van der Waals surface area contributed by atoms with E-state index >= 15 is 0 Å². The third-order valence-electron chi connectivity index (χ3n) is 1.61. The number of ether oxygens (including phenoxy) is 1. The number of nitrogens with two attached hydrogens (primary N) is 1. The predicted molar refractivity (Wildman–Crippen MR) is 46.9 cm³/mol. The van der Waals surface area contributed by atoms with Crippen LogP contribution in [0.25, 0.3) is 0 Å². The summed E-state index contributed by atoms with van der Waals surface area (Å²) in [6.07, 6.45) is -4.99. The number of anilines is 1. The summed E-state index contributed by atoms with van der Waals surface area (Å²) in [6, 6.07) is 5.84. The molecule has 6 heteroatoms. The van der Waals surface area contributed by atoms with Crippen molar-refractivity contribution in [2.75, 3.05) is 5.73 Å². The Hall–Kier alpha value is -1.90. The summed E-state index contributed by atoms with van der Waals surface area (Å²) < 4.78 is 39.7. The Morgan fingerprint density at radius 3 is 2.60 bits per heavy atom. The fourth-order valence-corrected chi connectivity index (χ4v) is 1.07. The van der Waals surface area contributed by atoms with Crippen molar-refractivity contribution >= 4 is 5.69 Å². The Balaban J connectivity index is 3.09. The van der Waals surface area contributed by atoms with Crippen LogP contribution in [-0.4, -0.2) is 6.36 Å². The van der Waals surface area contributed by atoms with Crippen molar-refractivity contribution < 1.29 is 17.9 Å². The second kappa shape index (κ2) is 4.09. The van der Waals surface area contributed by atoms with Gasteiger partial charge in [0.15, 0.2) is 5.75 Å². The lowest BCUT2D eigenvalue weighted by atomic mass is 10.1.